The van der Waals surface area contributed by atoms with Gasteiger partial charge in [-0.15, -0.1) is 10.2 Å². The number of Topliss-reactive ketones (excluding diaryl/α,β-unsaturated/α-hetero) is 2. The summed E-state index contributed by atoms with van der Waals surface area (Å²) in [6, 6.07) is 0. The average Bonchev–Trinajstić information content (AvgIpc) is 1.70. The quantitative estimate of drug-likeness (QED) is 0.0160. The summed E-state index contributed by atoms with van der Waals surface area (Å²) in [7, 11) is 0. The number of ether oxygens (including phenoxy) is 14. The van der Waals surface area contributed by atoms with Crippen molar-refractivity contribution in [1.29, 1.82) is 0 Å². The summed E-state index contributed by atoms with van der Waals surface area (Å²) in [6.07, 6.45) is 9.34. The number of carbonyl (C=O) groups is 7. The summed E-state index contributed by atoms with van der Waals surface area (Å²) in [5.74, 6) is -17.1. The Bertz CT molecular complexity index is 4260. The van der Waals surface area contributed by atoms with Gasteiger partial charge in [-0.2, -0.15) is 0 Å². The van der Waals surface area contributed by atoms with E-state index < -0.39 is 215 Å². The van der Waals surface area contributed by atoms with Gasteiger partial charge in [-0.05, 0) is 191 Å². The number of aliphatic hydroxyl groups is 4. The predicted octanol–water partition coefficient (Wildman–Crippen LogP) is 11.7. The van der Waals surface area contributed by atoms with Crippen LogP contribution in [0, 0.1) is 82.9 Å². The summed E-state index contributed by atoms with van der Waals surface area (Å²) < 4.78 is 96.2. The van der Waals surface area contributed by atoms with Crippen molar-refractivity contribution >= 4 is 41.4 Å². The van der Waals surface area contributed by atoms with Crippen molar-refractivity contribution in [1.82, 2.24) is 30.0 Å². The van der Waals surface area contributed by atoms with E-state index in [-0.39, 0.29) is 92.0 Å². The molecule has 6 N–H and O–H groups in total. The average molecular weight is 1820 g/mol. The molecular weight excluding hydrogens is 1670 g/mol. The number of aromatic nitrogens is 6. The van der Waals surface area contributed by atoms with Crippen molar-refractivity contribution in [3.05, 3.63) is 48.1 Å². The molecule has 0 aromatic carbocycles. The van der Waals surface area contributed by atoms with Gasteiger partial charge in [0.05, 0.1) is 133 Å². The third-order valence-electron chi connectivity index (χ3n) is 32.0. The molecular formula is C96H150N6O27. The molecule has 0 bridgehead atoms. The van der Waals surface area contributed by atoms with Crippen LogP contribution < -0.4 is 0 Å². The highest BCUT2D eigenvalue weighted by molar-refractivity contribution is 5.87. The molecule has 2 aromatic heterocycles. The van der Waals surface area contributed by atoms with E-state index in [2.05, 4.69) is 20.6 Å². The van der Waals surface area contributed by atoms with Crippen molar-refractivity contribution in [2.75, 3.05) is 13.2 Å². The van der Waals surface area contributed by atoms with Gasteiger partial charge in [0, 0.05) is 60.2 Å². The highest BCUT2D eigenvalue weighted by Crippen LogP contribution is 2.58. The minimum atomic E-state index is -1.67. The lowest BCUT2D eigenvalue weighted by Gasteiger charge is -2.54. The second-order valence-electron chi connectivity index (χ2n) is 40.7. The fourth-order valence-corrected chi connectivity index (χ4v) is 23.2. The maximum absolute atomic E-state index is 15.0. The maximum atomic E-state index is 15.0. The Labute approximate surface area is 760 Å². The van der Waals surface area contributed by atoms with E-state index in [1.807, 2.05) is 125 Å². The smallest absolute Gasteiger partial charge is 0.360 e. The van der Waals surface area contributed by atoms with E-state index in [1.54, 1.807) is 38.2 Å². The zero-order valence-electron chi connectivity index (χ0n) is 79.7. The van der Waals surface area contributed by atoms with Crippen LogP contribution in [0.3, 0.4) is 0 Å². The summed E-state index contributed by atoms with van der Waals surface area (Å²) in [4.78, 5) is 96.6. The second kappa shape index (κ2) is 41.2. The van der Waals surface area contributed by atoms with Crippen LogP contribution >= 0.6 is 0 Å². The van der Waals surface area contributed by atoms with Gasteiger partial charge in [0.25, 0.3) is 0 Å². The number of nitrogens with zero attached hydrogens (tertiary/aromatic N) is 6. The van der Waals surface area contributed by atoms with Gasteiger partial charge in [0.1, 0.15) is 37.0 Å². The van der Waals surface area contributed by atoms with Crippen molar-refractivity contribution in [3.8, 4) is 0 Å². The Balaban J connectivity index is 0.664. The van der Waals surface area contributed by atoms with E-state index >= 15 is 9.59 Å². The lowest BCUT2D eigenvalue weighted by molar-refractivity contribution is -0.409. The summed E-state index contributed by atoms with van der Waals surface area (Å²) in [5, 5.41) is 83.6. The number of carboxylic acid groups (broad SMARTS) is 2. The number of carbonyl (C=O) groups excluding carboxylic acids is 5. The van der Waals surface area contributed by atoms with E-state index in [0.717, 1.165) is 17.5 Å². The number of hydrogen-bond acceptors (Lipinski definition) is 29. The fourth-order valence-electron chi connectivity index (χ4n) is 23.2. The normalized spacial score (nSPS) is 40.0. The molecule has 2 aromatic rings. The second-order valence-corrected chi connectivity index (χ2v) is 40.7. The largest absolute Gasteiger partial charge is 0.481 e. The molecule has 8 fully saturated rings. The SMILES string of the molecule is CC[C@@H](C(=O)[C@@H](C)[C@@H](O)[C@H](C)[C@@H]1O[C@@H]([C@@H](CC)C(=O)O)CC[C@@H]1C)[C@H]1O[C@]2(C=C[C@@H](OC(=O)Cn3cc(COCCOC(=O)c4cn(CC(=O)O[C@@H]5C=C[C@]6(O[C@H]([C@@H](CC)C(=O)[C@@H](C)[C@@H](O)[C@H](C)[C@@H]7O[C@@H]([C@@H](CC)C(=O)O)CC[C@@H]7C)[C@@H](C)C[C@H]6C)O[C@@]56CC[C@@](C)([C@H]5CC[C@](O)(CC)[C@H](C)O5)O6)nn4)nn3)[C@]3(CC[C@@](C)([C@H]4CC[C@](O)(CC)[C@H](C)O4)O3)O2)[C@H](C)C[C@@H]1C. The van der Waals surface area contributed by atoms with Crippen molar-refractivity contribution < 1.29 is 131 Å². The van der Waals surface area contributed by atoms with Gasteiger partial charge in [0.15, 0.2) is 29.5 Å². The molecule has 0 radical (unpaired) electrons. The van der Waals surface area contributed by atoms with Crippen molar-refractivity contribution in [2.45, 2.75) is 418 Å². The highest BCUT2D eigenvalue weighted by atomic mass is 16.8. The van der Waals surface area contributed by atoms with Crippen LogP contribution in [-0.4, -0.2) is 246 Å². The number of esters is 3. The van der Waals surface area contributed by atoms with Crippen LogP contribution in [0.15, 0.2) is 36.7 Å². The Morgan fingerprint density at radius 3 is 1.30 bits per heavy atom. The summed E-state index contributed by atoms with van der Waals surface area (Å²) >= 11 is 0. The van der Waals surface area contributed by atoms with Gasteiger partial charge in [0.2, 0.25) is 11.6 Å². The molecule has 33 nitrogen and oxygen atoms in total. The number of rotatable bonds is 36. The molecule has 36 atom stereocenters. The molecule has 12 heterocycles. The minimum absolute atomic E-state index is 0.0175. The highest BCUT2D eigenvalue weighted by Gasteiger charge is 2.67. The Kier molecular flexibility index (Phi) is 32.5. The zero-order valence-corrected chi connectivity index (χ0v) is 79.7. The molecule has 10 aliphatic heterocycles. The first-order valence-corrected chi connectivity index (χ1v) is 48.3. The molecule has 12 rings (SSSR count). The molecule has 129 heavy (non-hydrogen) atoms. The van der Waals surface area contributed by atoms with Crippen LogP contribution in [0.5, 0.6) is 0 Å². The topological polar surface area (TPSA) is 432 Å². The molecule has 0 aliphatic carbocycles. The number of hydrogen-bond donors (Lipinski definition) is 6. The lowest BCUT2D eigenvalue weighted by Crippen LogP contribution is -2.63. The lowest BCUT2D eigenvalue weighted by atomic mass is 9.72. The monoisotopic (exact) mass is 1820 g/mol. The molecule has 4 spiro atoms. The fraction of sp³-hybridized carbons (Fsp3) is 0.844. The maximum Gasteiger partial charge on any atom is 0.360 e. The molecule has 0 saturated carbocycles. The van der Waals surface area contributed by atoms with Crippen molar-refractivity contribution in [2.24, 2.45) is 82.9 Å². The third-order valence-corrected chi connectivity index (χ3v) is 32.0. The Morgan fingerprint density at radius 2 is 0.907 bits per heavy atom. The van der Waals surface area contributed by atoms with Crippen LogP contribution in [0.2, 0.25) is 0 Å². The van der Waals surface area contributed by atoms with E-state index in [1.165, 1.54) is 17.1 Å². The number of carboxylic acids is 2. The molecule has 33 heteroatoms. The van der Waals surface area contributed by atoms with Gasteiger partial charge in [-0.25, -0.2) is 14.2 Å². The van der Waals surface area contributed by atoms with Gasteiger partial charge < -0.3 is 97.0 Å². The first kappa shape index (κ1) is 102. The van der Waals surface area contributed by atoms with Gasteiger partial charge in [-0.3, -0.25) is 28.8 Å². The molecule has 0 amide bonds. The summed E-state index contributed by atoms with van der Waals surface area (Å²) in [6.45, 7) is 37.0. The number of ketones is 2. The van der Waals surface area contributed by atoms with Crippen LogP contribution in [0.4, 0.5) is 0 Å². The van der Waals surface area contributed by atoms with Crippen molar-refractivity contribution in [3.63, 3.8) is 0 Å². The minimum Gasteiger partial charge on any atom is -0.481 e. The molecule has 10 aliphatic rings. The standard InChI is InChI=1S/C96H150N6O27/c1-21-65(86(109)110)70-29-27-52(7)82(120-70)60(15)78(105)58(13)80(107)67(23-3)84-54(9)45-56(11)93(124-84)37-33-74(95(128-93)41-39-89(19,126-95)72-31-35-91(114,25-5)62(17)118-72)122-76(103)49-101-47-64(97-99-101)51-116-43-44-117-88(113)69-48-102(100-98-69)50-77(104)123-75-34-38-94(129-96(75)42-40-90(20,127-96)73-32-36-92(115,26-6)63(18)119-73)57(12)46-55(10)85(125-94)68(24-4)81(108)59(14)79(106)61(16)83-53(8)28-30-71(121-83)66(22-2)87(111)112/h33-34,37-38,47-48,52-63,65-68,70-75,78-79,82-85,105-106,114-115H,21-32,35-36,39-46,49-51H2,1-20H3,(H,109,110)(H,111,112)/t52-,53-,54-,55-,56+,57+,58-,59-,60-,61-,62-,63-,65+,66+,67-,68-,70+,71+,72+,73+,74+,75+,78+,79+,82+,83+,84-,85-,89-,90-,91+,92+,93-,94-,95-,96-/m0/s1. The van der Waals surface area contributed by atoms with E-state index in [9.17, 15) is 54.6 Å². The Hall–Kier alpha value is -6.15. The predicted molar refractivity (Wildman–Crippen MR) is 465 cm³/mol. The first-order valence-electron chi connectivity index (χ1n) is 48.3. The van der Waals surface area contributed by atoms with Crippen LogP contribution in [0.25, 0.3) is 0 Å². The molecule has 726 valence electrons. The first-order chi connectivity index (χ1) is 60.9. The van der Waals surface area contributed by atoms with Gasteiger partial charge >= 0.3 is 29.8 Å². The number of aliphatic hydroxyl groups excluding tert-OH is 2. The molecule has 0 unspecified atom stereocenters. The molecule has 8 saturated heterocycles. The van der Waals surface area contributed by atoms with E-state index in [4.69, 9.17) is 66.3 Å². The zero-order chi connectivity index (χ0) is 94.2. The van der Waals surface area contributed by atoms with Gasteiger partial charge in [-0.1, -0.05) is 121 Å². The van der Waals surface area contributed by atoms with E-state index in [0.29, 0.717) is 108 Å². The summed E-state index contributed by atoms with van der Waals surface area (Å²) in [5.41, 5.74) is -3.93. The number of aliphatic carboxylic acids is 2. The Morgan fingerprint density at radius 1 is 0.496 bits per heavy atom. The third kappa shape index (κ3) is 21.1. The van der Waals surface area contributed by atoms with Crippen LogP contribution in [0.1, 0.15) is 283 Å². The van der Waals surface area contributed by atoms with Crippen LogP contribution in [-0.2, 0) is 115 Å².